The summed E-state index contributed by atoms with van der Waals surface area (Å²) in [5.74, 6) is -0.306. The molecule has 1 aromatic carbocycles. The van der Waals surface area contributed by atoms with E-state index in [1.54, 1.807) is 11.3 Å². The molecule has 0 atom stereocenters. The largest absolute Gasteiger partial charge is 0.380 e. The van der Waals surface area contributed by atoms with Crippen LogP contribution in [0.3, 0.4) is 0 Å². The number of halogens is 1. The summed E-state index contributed by atoms with van der Waals surface area (Å²) in [5.41, 5.74) is 7.11. The maximum absolute atomic E-state index is 10.8. The SMILES string of the molecule is NC(=O)Cc1ccc(NCc2cc(Br)cs2)cc1. The first-order valence-corrected chi connectivity index (χ1v) is 7.15. The lowest BCUT2D eigenvalue weighted by atomic mass is 10.1. The van der Waals surface area contributed by atoms with Crippen molar-refractivity contribution in [2.24, 2.45) is 5.73 Å². The van der Waals surface area contributed by atoms with E-state index < -0.39 is 0 Å². The summed E-state index contributed by atoms with van der Waals surface area (Å²) in [6.45, 7) is 0.797. The Hall–Kier alpha value is -1.33. The minimum atomic E-state index is -0.306. The summed E-state index contributed by atoms with van der Waals surface area (Å²) in [5, 5.41) is 5.39. The standard InChI is InChI=1S/C13H13BrN2OS/c14-10-6-12(18-8-10)7-16-11-3-1-9(2-4-11)5-13(15)17/h1-4,6,8,16H,5,7H2,(H2,15,17). The minimum Gasteiger partial charge on any atom is -0.380 e. The van der Waals surface area contributed by atoms with Gasteiger partial charge in [-0.05, 0) is 39.7 Å². The fraction of sp³-hybridized carbons (Fsp3) is 0.154. The number of hydrogen-bond acceptors (Lipinski definition) is 3. The van der Waals surface area contributed by atoms with Crippen LogP contribution < -0.4 is 11.1 Å². The zero-order valence-electron chi connectivity index (χ0n) is 9.65. The maximum Gasteiger partial charge on any atom is 0.221 e. The van der Waals surface area contributed by atoms with E-state index in [0.717, 1.165) is 22.3 Å². The number of thiophene rings is 1. The van der Waals surface area contributed by atoms with Gasteiger partial charge in [-0.25, -0.2) is 0 Å². The molecule has 0 bridgehead atoms. The van der Waals surface area contributed by atoms with Gasteiger partial charge in [0.1, 0.15) is 0 Å². The number of hydrogen-bond donors (Lipinski definition) is 2. The third kappa shape index (κ3) is 3.85. The third-order valence-electron chi connectivity index (χ3n) is 2.42. The number of nitrogens with two attached hydrogens (primary N) is 1. The first kappa shape index (κ1) is 13.1. The molecule has 0 aliphatic rings. The van der Waals surface area contributed by atoms with Crippen molar-refractivity contribution in [1.82, 2.24) is 0 Å². The van der Waals surface area contributed by atoms with Gasteiger partial charge in [-0.1, -0.05) is 12.1 Å². The van der Waals surface area contributed by atoms with E-state index in [2.05, 4.69) is 32.7 Å². The highest BCUT2D eigenvalue weighted by atomic mass is 79.9. The molecule has 0 spiro atoms. The molecule has 1 aromatic heterocycles. The van der Waals surface area contributed by atoms with Crippen LogP contribution in [0.25, 0.3) is 0 Å². The molecule has 2 aromatic rings. The van der Waals surface area contributed by atoms with Crippen LogP contribution in [-0.4, -0.2) is 5.91 Å². The average molecular weight is 325 g/mol. The van der Waals surface area contributed by atoms with Crippen molar-refractivity contribution in [3.05, 3.63) is 50.6 Å². The smallest absolute Gasteiger partial charge is 0.221 e. The molecule has 1 heterocycles. The van der Waals surface area contributed by atoms with E-state index in [4.69, 9.17) is 5.73 Å². The molecule has 0 radical (unpaired) electrons. The van der Waals surface area contributed by atoms with Crippen LogP contribution in [0.15, 0.2) is 40.2 Å². The zero-order valence-corrected chi connectivity index (χ0v) is 12.1. The topological polar surface area (TPSA) is 55.1 Å². The van der Waals surface area contributed by atoms with E-state index in [0.29, 0.717) is 0 Å². The summed E-state index contributed by atoms with van der Waals surface area (Å²) >= 11 is 5.14. The second-order valence-electron chi connectivity index (χ2n) is 3.92. The van der Waals surface area contributed by atoms with Crippen LogP contribution in [-0.2, 0) is 17.8 Å². The minimum absolute atomic E-state index is 0.290. The van der Waals surface area contributed by atoms with Gasteiger partial charge in [0.25, 0.3) is 0 Å². The predicted molar refractivity (Wildman–Crippen MR) is 78.7 cm³/mol. The number of amides is 1. The van der Waals surface area contributed by atoms with Crippen LogP contribution in [0, 0.1) is 0 Å². The van der Waals surface area contributed by atoms with E-state index in [1.807, 2.05) is 24.3 Å². The number of carbonyl (C=O) groups excluding carboxylic acids is 1. The Labute approximate surface area is 118 Å². The molecule has 0 unspecified atom stereocenters. The number of carbonyl (C=O) groups is 1. The van der Waals surface area contributed by atoms with Crippen LogP contribution in [0.4, 0.5) is 5.69 Å². The van der Waals surface area contributed by atoms with Crippen LogP contribution >= 0.6 is 27.3 Å². The molecule has 0 aliphatic carbocycles. The molecule has 3 N–H and O–H groups in total. The molecular weight excluding hydrogens is 312 g/mol. The lowest BCUT2D eigenvalue weighted by molar-refractivity contribution is -0.117. The lowest BCUT2D eigenvalue weighted by Gasteiger charge is -2.05. The molecule has 18 heavy (non-hydrogen) atoms. The van der Waals surface area contributed by atoms with Crippen molar-refractivity contribution < 1.29 is 4.79 Å². The Morgan fingerprint density at radius 3 is 2.61 bits per heavy atom. The molecule has 0 aliphatic heterocycles. The van der Waals surface area contributed by atoms with Crippen LogP contribution in [0.1, 0.15) is 10.4 Å². The Morgan fingerprint density at radius 1 is 1.33 bits per heavy atom. The second-order valence-corrected chi connectivity index (χ2v) is 5.84. The molecule has 94 valence electrons. The highest BCUT2D eigenvalue weighted by molar-refractivity contribution is 9.10. The molecule has 0 saturated carbocycles. The Bertz CT molecular complexity index is 536. The first-order valence-electron chi connectivity index (χ1n) is 5.47. The van der Waals surface area contributed by atoms with Gasteiger partial charge in [-0.2, -0.15) is 0 Å². The van der Waals surface area contributed by atoms with Gasteiger partial charge < -0.3 is 11.1 Å². The van der Waals surface area contributed by atoms with E-state index in [1.165, 1.54) is 4.88 Å². The highest BCUT2D eigenvalue weighted by Crippen LogP contribution is 2.21. The Balaban J connectivity index is 1.92. The van der Waals surface area contributed by atoms with E-state index in [9.17, 15) is 4.79 Å². The van der Waals surface area contributed by atoms with Gasteiger partial charge in [-0.15, -0.1) is 11.3 Å². The van der Waals surface area contributed by atoms with Crippen LogP contribution in [0.2, 0.25) is 0 Å². The number of benzene rings is 1. The molecule has 1 amide bonds. The molecule has 2 rings (SSSR count). The monoisotopic (exact) mass is 324 g/mol. The molecule has 0 fully saturated rings. The van der Waals surface area contributed by atoms with Crippen molar-refractivity contribution in [3.63, 3.8) is 0 Å². The molecule has 3 nitrogen and oxygen atoms in total. The summed E-state index contributed by atoms with van der Waals surface area (Å²) in [6, 6.07) is 9.84. The molecule has 0 saturated heterocycles. The van der Waals surface area contributed by atoms with Gasteiger partial charge in [0.2, 0.25) is 5.91 Å². The number of primary amides is 1. The normalized spacial score (nSPS) is 10.3. The Kier molecular flexibility index (Phi) is 4.38. The number of nitrogens with one attached hydrogen (secondary N) is 1. The maximum atomic E-state index is 10.8. The van der Waals surface area contributed by atoms with E-state index in [-0.39, 0.29) is 12.3 Å². The average Bonchev–Trinajstić information content (AvgIpc) is 2.74. The Morgan fingerprint density at radius 2 is 2.06 bits per heavy atom. The molecule has 5 heteroatoms. The van der Waals surface area contributed by atoms with E-state index >= 15 is 0 Å². The summed E-state index contributed by atoms with van der Waals surface area (Å²) in [6.07, 6.45) is 0.290. The quantitative estimate of drug-likeness (QED) is 0.887. The van der Waals surface area contributed by atoms with Crippen molar-refractivity contribution in [3.8, 4) is 0 Å². The fourth-order valence-corrected chi connectivity index (χ4v) is 2.97. The second kappa shape index (κ2) is 6.02. The zero-order chi connectivity index (χ0) is 13.0. The summed E-state index contributed by atoms with van der Waals surface area (Å²) < 4.78 is 1.11. The van der Waals surface area contributed by atoms with Gasteiger partial charge >= 0.3 is 0 Å². The van der Waals surface area contributed by atoms with Gasteiger partial charge in [-0.3, -0.25) is 4.79 Å². The summed E-state index contributed by atoms with van der Waals surface area (Å²) in [7, 11) is 0. The fourth-order valence-electron chi connectivity index (χ4n) is 1.58. The van der Waals surface area contributed by atoms with Gasteiger partial charge in [0, 0.05) is 27.0 Å². The summed E-state index contributed by atoms with van der Waals surface area (Å²) in [4.78, 5) is 12.0. The van der Waals surface area contributed by atoms with Crippen molar-refractivity contribution in [2.75, 3.05) is 5.32 Å². The highest BCUT2D eigenvalue weighted by Gasteiger charge is 2.00. The van der Waals surface area contributed by atoms with Crippen molar-refractivity contribution in [2.45, 2.75) is 13.0 Å². The predicted octanol–water partition coefficient (Wildman–Crippen LogP) is 3.15. The van der Waals surface area contributed by atoms with Crippen molar-refractivity contribution >= 4 is 38.9 Å². The number of anilines is 1. The van der Waals surface area contributed by atoms with Gasteiger partial charge in [0.15, 0.2) is 0 Å². The first-order chi connectivity index (χ1) is 8.63. The molecular formula is C13H13BrN2OS. The van der Waals surface area contributed by atoms with Gasteiger partial charge in [0.05, 0.1) is 6.42 Å². The van der Waals surface area contributed by atoms with Crippen molar-refractivity contribution in [1.29, 1.82) is 0 Å². The number of rotatable bonds is 5. The lowest BCUT2D eigenvalue weighted by Crippen LogP contribution is -2.13. The van der Waals surface area contributed by atoms with Crippen LogP contribution in [0.5, 0.6) is 0 Å². The third-order valence-corrected chi connectivity index (χ3v) is 4.12.